The van der Waals surface area contributed by atoms with Crippen molar-refractivity contribution >= 4 is 50.4 Å². The summed E-state index contributed by atoms with van der Waals surface area (Å²) < 4.78 is 7.87. The minimum Gasteiger partial charge on any atom is -0.507 e. The number of aromatic hydroxyl groups is 1. The molecule has 1 amide bonds. The average molecular weight is 597 g/mol. The molecule has 1 N–H and O–H groups in total. The van der Waals surface area contributed by atoms with Gasteiger partial charge in [0.2, 0.25) is 0 Å². The molecule has 2 atom stereocenters. The Morgan fingerprint density at radius 2 is 1.69 bits per heavy atom. The van der Waals surface area contributed by atoms with E-state index in [9.17, 15) is 9.90 Å². The molecular weight excluding hydrogens is 574 g/mol. The van der Waals surface area contributed by atoms with Crippen molar-refractivity contribution in [2.24, 2.45) is 5.10 Å². The summed E-state index contributed by atoms with van der Waals surface area (Å²) in [7, 11) is 0. The number of phenolic OH excluding ortho intramolecular Hbond substituents is 1. The maximum absolute atomic E-state index is 13.9. The number of benzene rings is 4. The molecule has 6 nitrogen and oxygen atoms in total. The van der Waals surface area contributed by atoms with Gasteiger partial charge in [-0.15, -0.1) is 0 Å². The Kier molecular flexibility index (Phi) is 5.75. The van der Waals surface area contributed by atoms with Gasteiger partial charge in [0.1, 0.15) is 11.5 Å². The predicted molar refractivity (Wildman–Crippen MR) is 158 cm³/mol. The number of nitrogens with zero attached hydrogens (tertiary/aromatic N) is 3. The summed E-state index contributed by atoms with van der Waals surface area (Å²) in [5, 5.41) is 17.5. The number of rotatable bonds is 3. The molecule has 1 saturated heterocycles. The fourth-order valence-corrected chi connectivity index (χ4v) is 6.83. The number of ether oxygens (including phenoxy) is 1. The van der Waals surface area contributed by atoms with E-state index in [1.165, 1.54) is 0 Å². The van der Waals surface area contributed by atoms with E-state index in [0.29, 0.717) is 28.3 Å². The molecular formula is C31H22BrN3O3S. The number of carbonyl (C=O) groups is 1. The van der Waals surface area contributed by atoms with Gasteiger partial charge in [-0.05, 0) is 59.8 Å². The van der Waals surface area contributed by atoms with Crippen LogP contribution in [0.2, 0.25) is 0 Å². The van der Waals surface area contributed by atoms with E-state index in [1.54, 1.807) is 17.0 Å². The molecule has 0 bridgehead atoms. The molecule has 0 radical (unpaired) electrons. The molecule has 8 heteroatoms. The van der Waals surface area contributed by atoms with Gasteiger partial charge in [-0.2, -0.15) is 5.10 Å². The Labute approximate surface area is 238 Å². The molecule has 0 aromatic heterocycles. The first-order chi connectivity index (χ1) is 19.0. The van der Waals surface area contributed by atoms with Gasteiger partial charge in [0, 0.05) is 22.0 Å². The second kappa shape index (κ2) is 9.32. The van der Waals surface area contributed by atoms with Gasteiger partial charge in [0.15, 0.2) is 0 Å². The Hall–Kier alpha value is -4.01. The Morgan fingerprint density at radius 1 is 0.974 bits per heavy atom. The zero-order valence-electron chi connectivity index (χ0n) is 20.6. The highest BCUT2D eigenvalue weighted by atomic mass is 79.9. The number of hydrazone groups is 1. The van der Waals surface area contributed by atoms with Crippen molar-refractivity contribution in [1.82, 2.24) is 5.01 Å². The quantitative estimate of drug-likeness (QED) is 0.262. The molecule has 3 aliphatic rings. The number of para-hydroxylation sites is 2. The Balaban J connectivity index is 1.50. The summed E-state index contributed by atoms with van der Waals surface area (Å²) in [5.41, 5.74) is 4.21. The molecule has 2 unspecified atom stereocenters. The number of anilines is 1. The van der Waals surface area contributed by atoms with Gasteiger partial charge in [0.05, 0.1) is 22.3 Å². The summed E-state index contributed by atoms with van der Waals surface area (Å²) in [4.78, 5) is 16.2. The van der Waals surface area contributed by atoms with Crippen LogP contribution in [0.5, 0.6) is 11.5 Å². The molecule has 39 heavy (non-hydrogen) atoms. The topological polar surface area (TPSA) is 65.4 Å². The maximum atomic E-state index is 13.9. The molecule has 3 aliphatic heterocycles. The molecule has 192 valence electrons. The van der Waals surface area contributed by atoms with Gasteiger partial charge in [-0.1, -0.05) is 82.7 Å². The van der Waals surface area contributed by atoms with Crippen LogP contribution in [0.1, 0.15) is 29.2 Å². The van der Waals surface area contributed by atoms with E-state index >= 15 is 0 Å². The van der Waals surface area contributed by atoms with Crippen LogP contribution in [-0.4, -0.2) is 26.9 Å². The van der Waals surface area contributed by atoms with Crippen LogP contribution in [0.25, 0.3) is 6.08 Å². The monoisotopic (exact) mass is 595 g/mol. The smallest absolute Gasteiger partial charge is 0.321 e. The largest absolute Gasteiger partial charge is 0.507 e. The first kappa shape index (κ1) is 24.1. The Morgan fingerprint density at radius 3 is 2.46 bits per heavy atom. The Bertz CT molecular complexity index is 1660. The number of amides is 1. The van der Waals surface area contributed by atoms with Crippen molar-refractivity contribution in [3.63, 3.8) is 0 Å². The second-order valence-electron chi connectivity index (χ2n) is 9.48. The van der Waals surface area contributed by atoms with Crippen molar-refractivity contribution in [3.8, 4) is 11.5 Å². The van der Waals surface area contributed by atoms with Crippen LogP contribution >= 0.6 is 27.7 Å². The minimum absolute atomic E-state index is 0.123. The fourth-order valence-electron chi connectivity index (χ4n) is 5.39. The first-order valence-electron chi connectivity index (χ1n) is 12.5. The fraction of sp³-hybridized carbons (Fsp3) is 0.0968. The zero-order valence-corrected chi connectivity index (χ0v) is 23.0. The highest BCUT2D eigenvalue weighted by Crippen LogP contribution is 2.58. The number of hydrogen-bond acceptors (Lipinski definition) is 6. The van der Waals surface area contributed by atoms with Crippen LogP contribution in [-0.2, 0) is 0 Å². The highest BCUT2D eigenvalue weighted by Gasteiger charge is 2.63. The predicted octanol–water partition coefficient (Wildman–Crippen LogP) is 7.77. The van der Waals surface area contributed by atoms with Crippen LogP contribution < -0.4 is 9.64 Å². The van der Waals surface area contributed by atoms with Gasteiger partial charge in [-0.3, -0.25) is 4.79 Å². The molecule has 3 heterocycles. The summed E-state index contributed by atoms with van der Waals surface area (Å²) in [6, 6.07) is 32.4. The normalized spacial score (nSPS) is 22.6. The van der Waals surface area contributed by atoms with Crippen LogP contribution in [0.3, 0.4) is 0 Å². The van der Waals surface area contributed by atoms with Crippen molar-refractivity contribution in [3.05, 3.63) is 129 Å². The minimum atomic E-state index is -1.40. The van der Waals surface area contributed by atoms with Crippen molar-refractivity contribution in [1.29, 1.82) is 0 Å². The SMILES string of the molecule is O=C1S/C(=C\c2ccccc2O)C2(Oc3ccc(Br)cc3C3CC(c4ccccc4)=NN32)N1c1ccccc1. The summed E-state index contributed by atoms with van der Waals surface area (Å²) >= 11 is 4.72. The van der Waals surface area contributed by atoms with Gasteiger partial charge in [0.25, 0.3) is 5.24 Å². The lowest BCUT2D eigenvalue weighted by Crippen LogP contribution is -2.63. The summed E-state index contributed by atoms with van der Waals surface area (Å²) in [5.74, 6) is -0.589. The molecule has 7 rings (SSSR count). The van der Waals surface area contributed by atoms with Crippen molar-refractivity contribution in [2.45, 2.75) is 18.3 Å². The molecule has 4 aromatic carbocycles. The number of fused-ring (bicyclic) bond motifs is 4. The first-order valence-corrected chi connectivity index (χ1v) is 14.1. The number of halogens is 1. The molecule has 0 aliphatic carbocycles. The number of thioether (sulfide) groups is 1. The van der Waals surface area contributed by atoms with Crippen molar-refractivity contribution in [2.75, 3.05) is 4.90 Å². The maximum Gasteiger partial charge on any atom is 0.321 e. The van der Waals surface area contributed by atoms with E-state index in [-0.39, 0.29) is 17.0 Å². The lowest BCUT2D eigenvalue weighted by atomic mass is 9.95. The van der Waals surface area contributed by atoms with E-state index in [2.05, 4.69) is 34.1 Å². The third-order valence-electron chi connectivity index (χ3n) is 7.15. The summed E-state index contributed by atoms with van der Waals surface area (Å²) in [6.45, 7) is 0. The highest BCUT2D eigenvalue weighted by molar-refractivity contribution is 9.10. The van der Waals surface area contributed by atoms with E-state index in [4.69, 9.17) is 9.84 Å². The third kappa shape index (κ3) is 3.85. The lowest BCUT2D eigenvalue weighted by Gasteiger charge is -2.49. The van der Waals surface area contributed by atoms with Crippen LogP contribution in [0.15, 0.2) is 118 Å². The van der Waals surface area contributed by atoms with E-state index in [0.717, 1.165) is 33.1 Å². The number of phenols is 1. The lowest BCUT2D eigenvalue weighted by molar-refractivity contribution is -0.0763. The molecule has 1 fully saturated rings. The van der Waals surface area contributed by atoms with Crippen LogP contribution in [0, 0.1) is 0 Å². The molecule has 0 saturated carbocycles. The number of hydrogen-bond donors (Lipinski definition) is 1. The standard InChI is InChI=1S/C31H22BrN3O3S/c32-22-15-16-28-24(18-22)26-19-25(20-9-3-1-4-10-20)33-35(26)31(38-28)29(17-21-11-7-8-14-27(21)36)39-30(37)34(31)23-12-5-2-6-13-23/h1-18,26,36H,19H2/b29-17-. The van der Waals surface area contributed by atoms with Crippen molar-refractivity contribution < 1.29 is 14.6 Å². The number of carbonyl (C=O) groups excluding carboxylic acids is 1. The van der Waals surface area contributed by atoms with Gasteiger partial charge in [-0.25, -0.2) is 9.91 Å². The van der Waals surface area contributed by atoms with Gasteiger partial charge < -0.3 is 9.84 Å². The zero-order chi connectivity index (χ0) is 26.6. The van der Waals surface area contributed by atoms with E-state index < -0.39 is 5.85 Å². The van der Waals surface area contributed by atoms with Crippen LogP contribution in [0.4, 0.5) is 10.5 Å². The molecule has 1 spiro atoms. The van der Waals surface area contributed by atoms with E-state index in [1.807, 2.05) is 83.9 Å². The average Bonchev–Trinajstić information content (AvgIpc) is 3.52. The molecule has 4 aromatic rings. The second-order valence-corrected chi connectivity index (χ2v) is 11.4. The third-order valence-corrected chi connectivity index (χ3v) is 8.61. The van der Waals surface area contributed by atoms with Gasteiger partial charge >= 0.3 is 5.85 Å². The summed E-state index contributed by atoms with van der Waals surface area (Å²) in [6.07, 6.45) is 2.47.